The number of carbonyl (C=O) groups excluding carboxylic acids is 2. The van der Waals surface area contributed by atoms with Crippen molar-refractivity contribution in [1.82, 2.24) is 15.2 Å². The third-order valence-electron chi connectivity index (χ3n) is 3.50. The zero-order valence-electron chi connectivity index (χ0n) is 14.6. The summed E-state index contributed by atoms with van der Waals surface area (Å²) in [4.78, 5) is 30.6. The van der Waals surface area contributed by atoms with E-state index in [0.29, 0.717) is 27.8 Å². The molecule has 6 nitrogen and oxygen atoms in total. The first-order valence-corrected chi connectivity index (χ1v) is 8.78. The maximum absolute atomic E-state index is 12.4. The van der Waals surface area contributed by atoms with Crippen molar-refractivity contribution in [3.8, 4) is 0 Å². The monoisotopic (exact) mass is 394 g/mol. The predicted molar refractivity (Wildman–Crippen MR) is 104 cm³/mol. The van der Waals surface area contributed by atoms with Crippen molar-refractivity contribution in [2.45, 2.75) is 6.42 Å². The van der Waals surface area contributed by atoms with Crippen molar-refractivity contribution in [3.63, 3.8) is 0 Å². The molecule has 1 aromatic heterocycles. The van der Waals surface area contributed by atoms with Crippen LogP contribution in [0.3, 0.4) is 0 Å². The van der Waals surface area contributed by atoms with Crippen LogP contribution >= 0.6 is 23.2 Å². The Morgan fingerprint density at radius 1 is 1.12 bits per heavy atom. The average molecular weight is 395 g/mol. The highest BCUT2D eigenvalue weighted by Gasteiger charge is 2.13. The minimum atomic E-state index is -0.476. The maximum Gasteiger partial charge on any atom is 0.274 e. The molecule has 1 heterocycles. The van der Waals surface area contributed by atoms with E-state index >= 15 is 0 Å². The van der Waals surface area contributed by atoms with Gasteiger partial charge in [-0.25, -0.2) is 0 Å². The maximum atomic E-state index is 12.4. The molecule has 0 spiro atoms. The molecule has 0 fully saturated rings. The molecular formula is C18H20Cl2N4O2. The first kappa shape index (κ1) is 20.2. The summed E-state index contributed by atoms with van der Waals surface area (Å²) in [6.07, 6.45) is 2.26. The van der Waals surface area contributed by atoms with Crippen molar-refractivity contribution < 1.29 is 9.59 Å². The molecule has 8 heteroatoms. The number of rotatable bonds is 7. The van der Waals surface area contributed by atoms with Crippen LogP contribution in [0, 0.1) is 0 Å². The van der Waals surface area contributed by atoms with Gasteiger partial charge in [0.25, 0.3) is 11.8 Å². The number of hydrogen-bond acceptors (Lipinski definition) is 4. The lowest BCUT2D eigenvalue weighted by Crippen LogP contribution is -2.27. The van der Waals surface area contributed by atoms with E-state index < -0.39 is 5.91 Å². The lowest BCUT2D eigenvalue weighted by Gasteiger charge is -2.10. The van der Waals surface area contributed by atoms with Gasteiger partial charge in [0.05, 0.1) is 10.7 Å². The summed E-state index contributed by atoms with van der Waals surface area (Å²) in [6, 6.07) is 7.76. The molecule has 2 N–H and O–H groups in total. The van der Waals surface area contributed by atoms with Gasteiger partial charge < -0.3 is 15.5 Å². The van der Waals surface area contributed by atoms with Crippen LogP contribution < -0.4 is 10.6 Å². The highest BCUT2D eigenvalue weighted by atomic mass is 35.5. The molecule has 2 aromatic rings. The smallest absolute Gasteiger partial charge is 0.274 e. The van der Waals surface area contributed by atoms with Gasteiger partial charge in [0.15, 0.2) is 0 Å². The zero-order chi connectivity index (χ0) is 19.1. The molecule has 0 aliphatic carbocycles. The highest BCUT2D eigenvalue weighted by Crippen LogP contribution is 2.25. The lowest BCUT2D eigenvalue weighted by atomic mass is 10.2. The molecule has 0 radical (unpaired) electrons. The molecule has 0 aliphatic heterocycles. The Morgan fingerprint density at radius 2 is 1.88 bits per heavy atom. The number of anilines is 1. The molecule has 0 saturated carbocycles. The van der Waals surface area contributed by atoms with Crippen molar-refractivity contribution in [2.75, 3.05) is 32.5 Å². The van der Waals surface area contributed by atoms with Crippen LogP contribution in [-0.2, 0) is 0 Å². The number of nitrogens with one attached hydrogen (secondary N) is 2. The lowest BCUT2D eigenvalue weighted by molar-refractivity contribution is 0.0952. The van der Waals surface area contributed by atoms with Crippen LogP contribution in [0.25, 0.3) is 0 Å². The standard InChI is InChI=1S/C18H20Cl2N4O2/c1-24(2)9-3-7-22-17(25)12-6-8-21-16(10-12)18(26)23-15-11-13(19)4-5-14(15)20/h4-6,8,10-11H,3,7,9H2,1-2H3,(H,22,25)(H,23,26). The Morgan fingerprint density at radius 3 is 2.62 bits per heavy atom. The number of hydrogen-bond donors (Lipinski definition) is 2. The summed E-state index contributed by atoms with van der Waals surface area (Å²) in [5.74, 6) is -0.725. The Labute approximate surface area is 162 Å². The van der Waals surface area contributed by atoms with Crippen LogP contribution in [-0.4, -0.2) is 48.9 Å². The molecule has 1 aromatic carbocycles. The third kappa shape index (κ3) is 5.98. The topological polar surface area (TPSA) is 74.3 Å². The van der Waals surface area contributed by atoms with Gasteiger partial charge in [-0.15, -0.1) is 0 Å². The van der Waals surface area contributed by atoms with E-state index in [4.69, 9.17) is 23.2 Å². The van der Waals surface area contributed by atoms with Gasteiger partial charge in [-0.2, -0.15) is 0 Å². The van der Waals surface area contributed by atoms with Crippen molar-refractivity contribution in [2.24, 2.45) is 0 Å². The first-order chi connectivity index (χ1) is 12.4. The van der Waals surface area contributed by atoms with Crippen LogP contribution in [0.2, 0.25) is 10.0 Å². The van der Waals surface area contributed by atoms with Crippen LogP contribution in [0.4, 0.5) is 5.69 Å². The Balaban J connectivity index is 2.02. The number of carbonyl (C=O) groups is 2. The fourth-order valence-electron chi connectivity index (χ4n) is 2.17. The van der Waals surface area contributed by atoms with Gasteiger partial charge >= 0.3 is 0 Å². The average Bonchev–Trinajstić information content (AvgIpc) is 2.61. The molecule has 2 amide bonds. The van der Waals surface area contributed by atoms with Gasteiger partial charge in [-0.05, 0) is 57.4 Å². The summed E-state index contributed by atoms with van der Waals surface area (Å²) in [5, 5.41) is 6.27. The second-order valence-corrected chi connectivity index (χ2v) is 6.76. The SMILES string of the molecule is CN(C)CCCNC(=O)c1ccnc(C(=O)Nc2cc(Cl)ccc2Cl)c1. The van der Waals surface area contributed by atoms with Gasteiger partial charge in [0.2, 0.25) is 0 Å². The summed E-state index contributed by atoms with van der Waals surface area (Å²) < 4.78 is 0. The second-order valence-electron chi connectivity index (χ2n) is 5.92. The Bertz CT molecular complexity index is 797. The summed E-state index contributed by atoms with van der Waals surface area (Å²) in [7, 11) is 3.95. The summed E-state index contributed by atoms with van der Waals surface area (Å²) >= 11 is 12.0. The minimum Gasteiger partial charge on any atom is -0.352 e. The van der Waals surface area contributed by atoms with E-state index in [0.717, 1.165) is 13.0 Å². The van der Waals surface area contributed by atoms with E-state index in [2.05, 4.69) is 15.6 Å². The number of halogens is 2. The van der Waals surface area contributed by atoms with Gasteiger partial charge in [-0.1, -0.05) is 23.2 Å². The van der Waals surface area contributed by atoms with E-state index in [1.54, 1.807) is 24.3 Å². The van der Waals surface area contributed by atoms with Gasteiger partial charge in [-0.3, -0.25) is 14.6 Å². The third-order valence-corrected chi connectivity index (χ3v) is 4.06. The number of nitrogens with zero attached hydrogens (tertiary/aromatic N) is 2. The number of benzene rings is 1. The molecule has 0 unspecified atom stereocenters. The van der Waals surface area contributed by atoms with E-state index in [1.807, 2.05) is 19.0 Å². The van der Waals surface area contributed by atoms with Gasteiger partial charge in [0, 0.05) is 23.3 Å². The predicted octanol–water partition coefficient (Wildman–Crippen LogP) is 3.32. The fraction of sp³-hybridized carbons (Fsp3) is 0.278. The minimum absolute atomic E-state index is 0.113. The van der Waals surface area contributed by atoms with Gasteiger partial charge in [0.1, 0.15) is 5.69 Å². The second kappa shape index (κ2) is 9.52. The number of aromatic nitrogens is 1. The fourth-order valence-corrected chi connectivity index (χ4v) is 2.51. The van der Waals surface area contributed by atoms with Crippen LogP contribution in [0.1, 0.15) is 27.3 Å². The number of amides is 2. The normalized spacial score (nSPS) is 10.7. The van der Waals surface area contributed by atoms with Crippen LogP contribution in [0.5, 0.6) is 0 Å². The molecule has 2 rings (SSSR count). The zero-order valence-corrected chi connectivity index (χ0v) is 16.1. The largest absolute Gasteiger partial charge is 0.352 e. The van der Waals surface area contributed by atoms with Crippen molar-refractivity contribution in [1.29, 1.82) is 0 Å². The summed E-state index contributed by atoms with van der Waals surface area (Å²) in [5.41, 5.74) is 0.860. The molecule has 26 heavy (non-hydrogen) atoms. The van der Waals surface area contributed by atoms with E-state index in [-0.39, 0.29) is 11.6 Å². The molecular weight excluding hydrogens is 375 g/mol. The quantitative estimate of drug-likeness (QED) is 0.706. The first-order valence-electron chi connectivity index (χ1n) is 8.02. The van der Waals surface area contributed by atoms with Crippen LogP contribution in [0.15, 0.2) is 36.5 Å². The molecule has 0 atom stereocenters. The summed E-state index contributed by atoms with van der Waals surface area (Å²) in [6.45, 7) is 1.43. The van der Waals surface area contributed by atoms with Crippen molar-refractivity contribution in [3.05, 3.63) is 57.8 Å². The van der Waals surface area contributed by atoms with Crippen molar-refractivity contribution >= 4 is 40.7 Å². The molecule has 0 bridgehead atoms. The number of pyridine rings is 1. The Hall–Kier alpha value is -2.15. The van der Waals surface area contributed by atoms with E-state index in [9.17, 15) is 9.59 Å². The Kier molecular flexibility index (Phi) is 7.38. The molecule has 138 valence electrons. The van der Waals surface area contributed by atoms with E-state index in [1.165, 1.54) is 12.3 Å². The molecule has 0 saturated heterocycles. The molecule has 0 aliphatic rings. The highest BCUT2D eigenvalue weighted by molar-refractivity contribution is 6.35.